The fourth-order valence-electron chi connectivity index (χ4n) is 2.72. The van der Waals surface area contributed by atoms with Gasteiger partial charge >= 0.3 is 0 Å². The zero-order valence-electron chi connectivity index (χ0n) is 14.7. The molecule has 1 aliphatic heterocycles. The molecular weight excluding hydrogens is 310 g/mol. The Hall–Kier alpha value is -2.95. The highest BCUT2D eigenvalue weighted by atomic mass is 15.1. The molecule has 0 fully saturated rings. The van der Waals surface area contributed by atoms with Crippen molar-refractivity contribution in [3.8, 4) is 11.1 Å². The zero-order chi connectivity index (χ0) is 17.6. The molecule has 2 N–H and O–H groups in total. The lowest BCUT2D eigenvalue weighted by molar-refractivity contribution is 0.826. The van der Waals surface area contributed by atoms with Gasteiger partial charge in [-0.3, -0.25) is 4.98 Å². The SMILES string of the molecule is C=C1Nc2cnccc2-c2cnc(NCCCC)nc2/C1=C/C=C\C. The zero-order valence-corrected chi connectivity index (χ0v) is 14.7. The van der Waals surface area contributed by atoms with E-state index < -0.39 is 0 Å². The van der Waals surface area contributed by atoms with E-state index in [2.05, 4.69) is 34.1 Å². The number of hydrogen-bond donors (Lipinski definition) is 2. The lowest BCUT2D eigenvalue weighted by atomic mass is 10.0. The second-order valence-electron chi connectivity index (χ2n) is 5.87. The summed E-state index contributed by atoms with van der Waals surface area (Å²) in [6.45, 7) is 9.21. The van der Waals surface area contributed by atoms with Gasteiger partial charge in [0.2, 0.25) is 5.95 Å². The van der Waals surface area contributed by atoms with Gasteiger partial charge in [-0.05, 0) is 19.4 Å². The Morgan fingerprint density at radius 1 is 1.28 bits per heavy atom. The first-order chi connectivity index (χ1) is 12.2. The summed E-state index contributed by atoms with van der Waals surface area (Å²) in [6.07, 6.45) is 13.7. The number of allylic oxidation sites excluding steroid dienone is 4. The monoisotopic (exact) mass is 333 g/mol. The van der Waals surface area contributed by atoms with Crippen molar-refractivity contribution >= 4 is 17.2 Å². The number of nitrogens with one attached hydrogen (secondary N) is 2. The first kappa shape index (κ1) is 16.9. The van der Waals surface area contributed by atoms with Crippen LogP contribution in [-0.2, 0) is 0 Å². The maximum absolute atomic E-state index is 4.78. The van der Waals surface area contributed by atoms with Gasteiger partial charge in [0.15, 0.2) is 0 Å². The molecule has 25 heavy (non-hydrogen) atoms. The molecule has 5 heteroatoms. The van der Waals surface area contributed by atoms with Crippen molar-refractivity contribution in [2.45, 2.75) is 26.7 Å². The minimum Gasteiger partial charge on any atom is -0.354 e. The van der Waals surface area contributed by atoms with E-state index in [1.807, 2.05) is 37.4 Å². The Morgan fingerprint density at radius 2 is 2.16 bits per heavy atom. The summed E-state index contributed by atoms with van der Waals surface area (Å²) in [7, 11) is 0. The molecule has 0 saturated carbocycles. The molecule has 0 amide bonds. The molecule has 5 nitrogen and oxygen atoms in total. The number of unbranched alkanes of at least 4 members (excludes halogenated alkanes) is 1. The van der Waals surface area contributed by atoms with Gasteiger partial charge in [0.05, 0.1) is 17.6 Å². The van der Waals surface area contributed by atoms with E-state index in [0.29, 0.717) is 5.95 Å². The topological polar surface area (TPSA) is 62.7 Å². The Bertz CT molecular complexity index is 836. The van der Waals surface area contributed by atoms with Crippen molar-refractivity contribution in [2.24, 2.45) is 0 Å². The van der Waals surface area contributed by atoms with Crippen LogP contribution in [0.1, 0.15) is 32.4 Å². The molecule has 3 rings (SSSR count). The smallest absolute Gasteiger partial charge is 0.223 e. The van der Waals surface area contributed by atoms with Gasteiger partial charge in [0.1, 0.15) is 0 Å². The van der Waals surface area contributed by atoms with Gasteiger partial charge in [-0.1, -0.05) is 38.2 Å². The normalized spacial score (nSPS) is 14.8. The molecule has 0 unspecified atom stereocenters. The van der Waals surface area contributed by atoms with E-state index in [4.69, 9.17) is 4.98 Å². The molecule has 0 aliphatic carbocycles. The van der Waals surface area contributed by atoms with Crippen LogP contribution in [0.4, 0.5) is 11.6 Å². The molecule has 0 saturated heterocycles. The lowest BCUT2D eigenvalue weighted by Gasteiger charge is -2.11. The quantitative estimate of drug-likeness (QED) is 0.780. The van der Waals surface area contributed by atoms with Gasteiger partial charge < -0.3 is 10.6 Å². The molecule has 1 aliphatic rings. The number of aromatic nitrogens is 3. The number of hydrogen-bond acceptors (Lipinski definition) is 5. The van der Waals surface area contributed by atoms with Crippen molar-refractivity contribution in [3.63, 3.8) is 0 Å². The third-order valence-corrected chi connectivity index (χ3v) is 4.03. The summed E-state index contributed by atoms with van der Waals surface area (Å²) in [6, 6.07) is 1.97. The summed E-state index contributed by atoms with van der Waals surface area (Å²) >= 11 is 0. The molecule has 0 radical (unpaired) electrons. The molecule has 0 spiro atoms. The first-order valence-corrected chi connectivity index (χ1v) is 8.59. The van der Waals surface area contributed by atoms with Crippen LogP contribution in [0.15, 0.2) is 55.2 Å². The Labute approximate surface area is 148 Å². The highest BCUT2D eigenvalue weighted by Crippen LogP contribution is 2.39. The van der Waals surface area contributed by atoms with Crippen LogP contribution in [0.5, 0.6) is 0 Å². The van der Waals surface area contributed by atoms with Crippen LogP contribution in [0.3, 0.4) is 0 Å². The van der Waals surface area contributed by atoms with E-state index in [1.54, 1.807) is 12.4 Å². The van der Waals surface area contributed by atoms with E-state index in [0.717, 1.165) is 53.2 Å². The van der Waals surface area contributed by atoms with Gasteiger partial charge in [-0.2, -0.15) is 0 Å². The largest absolute Gasteiger partial charge is 0.354 e. The van der Waals surface area contributed by atoms with Crippen LogP contribution in [-0.4, -0.2) is 21.5 Å². The molecule has 0 atom stereocenters. The maximum Gasteiger partial charge on any atom is 0.223 e. The fourth-order valence-corrected chi connectivity index (χ4v) is 2.72. The molecular formula is C20H23N5. The second-order valence-corrected chi connectivity index (χ2v) is 5.87. The molecule has 128 valence electrons. The van der Waals surface area contributed by atoms with Gasteiger partial charge in [0.25, 0.3) is 0 Å². The van der Waals surface area contributed by atoms with E-state index in [1.165, 1.54) is 0 Å². The van der Waals surface area contributed by atoms with Crippen molar-refractivity contribution in [3.05, 3.63) is 60.9 Å². The predicted octanol–water partition coefficient (Wildman–Crippen LogP) is 4.65. The van der Waals surface area contributed by atoms with Crippen molar-refractivity contribution in [2.75, 3.05) is 17.2 Å². The fraction of sp³-hybridized carbons (Fsp3) is 0.250. The van der Waals surface area contributed by atoms with Crippen LogP contribution in [0, 0.1) is 0 Å². The lowest BCUT2D eigenvalue weighted by Crippen LogP contribution is -2.07. The number of rotatable bonds is 5. The molecule has 2 aromatic rings. The summed E-state index contributed by atoms with van der Waals surface area (Å²) in [4.78, 5) is 13.5. The average Bonchev–Trinajstić information content (AvgIpc) is 2.74. The van der Waals surface area contributed by atoms with E-state index >= 15 is 0 Å². The van der Waals surface area contributed by atoms with Crippen LogP contribution in [0.2, 0.25) is 0 Å². The molecule has 2 aromatic heterocycles. The van der Waals surface area contributed by atoms with E-state index in [9.17, 15) is 0 Å². The highest BCUT2D eigenvalue weighted by molar-refractivity contribution is 5.95. The van der Waals surface area contributed by atoms with Crippen LogP contribution >= 0.6 is 0 Å². The third kappa shape index (κ3) is 3.60. The maximum atomic E-state index is 4.78. The first-order valence-electron chi connectivity index (χ1n) is 8.59. The third-order valence-electron chi connectivity index (χ3n) is 4.03. The summed E-state index contributed by atoms with van der Waals surface area (Å²) in [5, 5.41) is 6.65. The van der Waals surface area contributed by atoms with E-state index in [-0.39, 0.29) is 0 Å². The number of nitrogens with zero attached hydrogens (tertiary/aromatic N) is 3. The number of fused-ring (bicyclic) bond motifs is 3. The summed E-state index contributed by atoms with van der Waals surface area (Å²) < 4.78 is 0. The summed E-state index contributed by atoms with van der Waals surface area (Å²) in [5.74, 6) is 0.642. The average molecular weight is 333 g/mol. The van der Waals surface area contributed by atoms with Crippen molar-refractivity contribution in [1.82, 2.24) is 15.0 Å². The molecule has 3 heterocycles. The Kier molecular flexibility index (Phi) is 5.23. The standard InChI is InChI=1S/C20H23N5/c1-4-6-8-15-14(3)24-18-13-21-11-9-16(18)17-12-23-20(25-19(15)17)22-10-7-5-2/h4,6,8-9,11-13,24H,3,5,7,10H2,1-2H3,(H,22,23,25)/b6-4-,15-8+. The Balaban J connectivity index is 2.13. The number of pyridine rings is 1. The second kappa shape index (κ2) is 7.75. The van der Waals surface area contributed by atoms with Crippen molar-refractivity contribution < 1.29 is 0 Å². The predicted molar refractivity (Wildman–Crippen MR) is 104 cm³/mol. The molecule has 0 aromatic carbocycles. The number of anilines is 2. The van der Waals surface area contributed by atoms with Gasteiger partial charge in [-0.25, -0.2) is 9.97 Å². The van der Waals surface area contributed by atoms with Gasteiger partial charge in [0, 0.05) is 41.3 Å². The Morgan fingerprint density at radius 3 is 2.96 bits per heavy atom. The van der Waals surface area contributed by atoms with Gasteiger partial charge in [-0.15, -0.1) is 0 Å². The highest BCUT2D eigenvalue weighted by Gasteiger charge is 2.22. The van der Waals surface area contributed by atoms with Crippen LogP contribution < -0.4 is 10.6 Å². The molecule has 0 bridgehead atoms. The van der Waals surface area contributed by atoms with Crippen molar-refractivity contribution in [1.29, 1.82) is 0 Å². The van der Waals surface area contributed by atoms with Crippen LogP contribution in [0.25, 0.3) is 16.7 Å². The minimum absolute atomic E-state index is 0.642. The minimum atomic E-state index is 0.642. The summed E-state index contributed by atoms with van der Waals surface area (Å²) in [5.41, 5.74) is 5.52.